The Labute approximate surface area is 204 Å². The minimum Gasteiger partial charge on any atom is -0.493 e. The Hall–Kier alpha value is -2.68. The van der Waals surface area contributed by atoms with E-state index in [0.29, 0.717) is 51.8 Å². The first kappa shape index (κ1) is 26.6. The van der Waals surface area contributed by atoms with Gasteiger partial charge in [-0.1, -0.05) is 30.1 Å². The molecule has 0 radical (unpaired) electrons. The predicted octanol–water partition coefficient (Wildman–Crippen LogP) is 4.70. The molecule has 180 valence electrons. The molecule has 0 aliphatic carbocycles. The molecule has 0 bridgehead atoms. The van der Waals surface area contributed by atoms with E-state index < -0.39 is 0 Å². The maximum atomic E-state index is 12.5. The lowest BCUT2D eigenvalue weighted by molar-refractivity contribution is -0.119. The van der Waals surface area contributed by atoms with E-state index in [0.717, 1.165) is 6.42 Å². The van der Waals surface area contributed by atoms with Crippen LogP contribution in [0, 0.1) is 0 Å². The van der Waals surface area contributed by atoms with Crippen LogP contribution >= 0.6 is 23.2 Å². The van der Waals surface area contributed by atoms with Crippen LogP contribution in [0.2, 0.25) is 10.0 Å². The molecule has 8 nitrogen and oxygen atoms in total. The molecule has 0 aliphatic rings. The van der Waals surface area contributed by atoms with E-state index in [1.165, 1.54) is 21.3 Å². The maximum absolute atomic E-state index is 12.5. The van der Waals surface area contributed by atoms with Gasteiger partial charge < -0.3 is 24.8 Å². The first-order valence-electron chi connectivity index (χ1n) is 10.4. The average Bonchev–Trinajstić information content (AvgIpc) is 2.78. The van der Waals surface area contributed by atoms with Crippen molar-refractivity contribution in [2.45, 2.75) is 19.8 Å². The third-order valence-electron chi connectivity index (χ3n) is 4.72. The van der Waals surface area contributed by atoms with Crippen molar-refractivity contribution in [1.29, 1.82) is 0 Å². The van der Waals surface area contributed by atoms with Crippen LogP contribution in [0.5, 0.6) is 17.2 Å². The first-order valence-corrected chi connectivity index (χ1v) is 11.1. The highest BCUT2D eigenvalue weighted by atomic mass is 35.5. The smallest absolute Gasteiger partial charge is 0.238 e. The van der Waals surface area contributed by atoms with Crippen molar-refractivity contribution in [2.75, 3.05) is 51.6 Å². The summed E-state index contributed by atoms with van der Waals surface area (Å²) in [5.74, 6) is 0.901. The fourth-order valence-electron chi connectivity index (χ4n) is 3.21. The molecule has 0 saturated heterocycles. The van der Waals surface area contributed by atoms with Crippen LogP contribution in [0.15, 0.2) is 30.3 Å². The Morgan fingerprint density at radius 3 is 2.12 bits per heavy atom. The number of methoxy groups -OCH3 is 3. The van der Waals surface area contributed by atoms with Crippen molar-refractivity contribution in [2.24, 2.45) is 0 Å². The Kier molecular flexibility index (Phi) is 10.6. The van der Waals surface area contributed by atoms with Gasteiger partial charge in [0.05, 0.1) is 38.6 Å². The van der Waals surface area contributed by atoms with Gasteiger partial charge in [-0.25, -0.2) is 0 Å². The van der Waals surface area contributed by atoms with E-state index in [-0.39, 0.29) is 24.8 Å². The quantitative estimate of drug-likeness (QED) is 0.441. The van der Waals surface area contributed by atoms with Gasteiger partial charge in [0.1, 0.15) is 0 Å². The molecule has 0 saturated carbocycles. The van der Waals surface area contributed by atoms with Crippen LogP contribution < -0.4 is 24.8 Å². The summed E-state index contributed by atoms with van der Waals surface area (Å²) in [4.78, 5) is 26.9. The molecule has 0 heterocycles. The van der Waals surface area contributed by atoms with Crippen molar-refractivity contribution in [1.82, 2.24) is 4.90 Å². The summed E-state index contributed by atoms with van der Waals surface area (Å²) >= 11 is 12.0. The number of carbonyl (C=O) groups is 2. The number of hydrogen-bond donors (Lipinski definition) is 2. The van der Waals surface area contributed by atoms with Crippen LogP contribution in [-0.2, 0) is 9.59 Å². The molecule has 10 heteroatoms. The van der Waals surface area contributed by atoms with Gasteiger partial charge >= 0.3 is 0 Å². The van der Waals surface area contributed by atoms with Gasteiger partial charge in [0.2, 0.25) is 17.6 Å². The third kappa shape index (κ3) is 7.99. The zero-order valence-electron chi connectivity index (χ0n) is 19.2. The Bertz CT molecular complexity index is 946. The lowest BCUT2D eigenvalue weighted by Gasteiger charge is -2.21. The number of anilines is 2. The summed E-state index contributed by atoms with van der Waals surface area (Å²) in [5.41, 5.74) is 1.01. The molecule has 2 rings (SSSR count). The lowest BCUT2D eigenvalue weighted by Crippen LogP contribution is -2.36. The molecule has 0 aromatic heterocycles. The highest BCUT2D eigenvalue weighted by molar-refractivity contribution is 6.36. The van der Waals surface area contributed by atoms with E-state index in [9.17, 15) is 9.59 Å². The van der Waals surface area contributed by atoms with E-state index >= 15 is 0 Å². The molecule has 0 fully saturated rings. The maximum Gasteiger partial charge on any atom is 0.238 e. The molecular weight excluding hydrogens is 469 g/mol. The molecular formula is C23H29Cl2N3O5. The highest BCUT2D eigenvalue weighted by Crippen LogP contribution is 2.39. The van der Waals surface area contributed by atoms with Crippen molar-refractivity contribution >= 4 is 46.4 Å². The third-order valence-corrected chi connectivity index (χ3v) is 5.26. The van der Waals surface area contributed by atoms with Gasteiger partial charge in [0, 0.05) is 35.8 Å². The largest absolute Gasteiger partial charge is 0.493 e. The van der Waals surface area contributed by atoms with Crippen LogP contribution in [0.3, 0.4) is 0 Å². The summed E-state index contributed by atoms with van der Waals surface area (Å²) in [6, 6.07) is 8.19. The van der Waals surface area contributed by atoms with Gasteiger partial charge in [0.15, 0.2) is 11.5 Å². The average molecular weight is 498 g/mol. The number of nitrogens with zero attached hydrogens (tertiary/aromatic N) is 1. The number of carbonyl (C=O) groups excluding carboxylic acids is 2. The molecule has 0 unspecified atom stereocenters. The van der Waals surface area contributed by atoms with E-state index in [2.05, 4.69) is 10.6 Å². The number of hydrogen-bond acceptors (Lipinski definition) is 6. The zero-order chi connectivity index (χ0) is 24.4. The normalized spacial score (nSPS) is 10.6. The Morgan fingerprint density at radius 1 is 0.909 bits per heavy atom. The standard InChI is InChI=1S/C23H29Cl2N3O5/c1-5-9-28(14-22(30)27-18-7-6-15(24)11-17(18)25)10-8-21(29)26-16-12-19(31-2)23(33-4)20(13-16)32-3/h6-7,11-13H,5,8-10,14H2,1-4H3,(H,26,29)(H,27,30). The number of nitrogens with one attached hydrogen (secondary N) is 2. The summed E-state index contributed by atoms with van der Waals surface area (Å²) < 4.78 is 15.9. The zero-order valence-corrected chi connectivity index (χ0v) is 20.7. The summed E-state index contributed by atoms with van der Waals surface area (Å²) in [7, 11) is 4.53. The van der Waals surface area contributed by atoms with Crippen molar-refractivity contribution < 1.29 is 23.8 Å². The Balaban J connectivity index is 1.96. The number of amides is 2. The van der Waals surface area contributed by atoms with E-state index in [1.54, 1.807) is 30.3 Å². The van der Waals surface area contributed by atoms with Crippen LogP contribution in [-0.4, -0.2) is 57.7 Å². The molecule has 2 N–H and O–H groups in total. The summed E-state index contributed by atoms with van der Waals surface area (Å²) in [5, 5.41) is 6.47. The molecule has 2 aromatic rings. The second kappa shape index (κ2) is 13.1. The number of ether oxygens (including phenoxy) is 3. The lowest BCUT2D eigenvalue weighted by atomic mass is 10.2. The fraction of sp³-hybridized carbons (Fsp3) is 0.391. The van der Waals surface area contributed by atoms with Gasteiger partial charge in [0.25, 0.3) is 0 Å². The molecule has 2 amide bonds. The van der Waals surface area contributed by atoms with Crippen LogP contribution in [0.25, 0.3) is 0 Å². The van der Waals surface area contributed by atoms with Crippen LogP contribution in [0.1, 0.15) is 19.8 Å². The molecule has 2 aromatic carbocycles. The summed E-state index contributed by atoms with van der Waals surface area (Å²) in [6.07, 6.45) is 1.04. The fourth-order valence-corrected chi connectivity index (χ4v) is 3.66. The monoisotopic (exact) mass is 497 g/mol. The predicted molar refractivity (Wildman–Crippen MR) is 131 cm³/mol. The first-order chi connectivity index (χ1) is 15.8. The van der Waals surface area contributed by atoms with E-state index in [1.807, 2.05) is 11.8 Å². The summed E-state index contributed by atoms with van der Waals surface area (Å²) in [6.45, 7) is 3.21. The molecule has 0 aliphatic heterocycles. The number of benzene rings is 2. The number of rotatable bonds is 12. The molecule has 0 spiro atoms. The van der Waals surface area contributed by atoms with Crippen LogP contribution in [0.4, 0.5) is 11.4 Å². The second-order valence-corrected chi connectivity index (χ2v) is 8.00. The second-order valence-electron chi connectivity index (χ2n) is 7.16. The SMILES string of the molecule is CCCN(CCC(=O)Nc1cc(OC)c(OC)c(OC)c1)CC(=O)Nc1ccc(Cl)cc1Cl. The van der Waals surface area contributed by atoms with Gasteiger partial charge in [-0.3, -0.25) is 14.5 Å². The minimum atomic E-state index is -0.224. The molecule has 0 atom stereocenters. The van der Waals surface area contributed by atoms with Crippen molar-refractivity contribution in [3.63, 3.8) is 0 Å². The van der Waals surface area contributed by atoms with Gasteiger partial charge in [-0.2, -0.15) is 0 Å². The van der Waals surface area contributed by atoms with Gasteiger partial charge in [-0.05, 0) is 31.2 Å². The van der Waals surface area contributed by atoms with Gasteiger partial charge in [-0.15, -0.1) is 0 Å². The van der Waals surface area contributed by atoms with Crippen molar-refractivity contribution in [3.8, 4) is 17.2 Å². The van der Waals surface area contributed by atoms with Crippen molar-refractivity contribution in [3.05, 3.63) is 40.4 Å². The molecule has 33 heavy (non-hydrogen) atoms. The number of halogens is 2. The highest BCUT2D eigenvalue weighted by Gasteiger charge is 2.16. The topological polar surface area (TPSA) is 89.1 Å². The minimum absolute atomic E-state index is 0.129. The van der Waals surface area contributed by atoms with E-state index in [4.69, 9.17) is 37.4 Å². The Morgan fingerprint density at radius 2 is 1.58 bits per heavy atom.